The Balaban J connectivity index is 2.76. The Hall–Kier alpha value is -2.35. The molecule has 20 heavy (non-hydrogen) atoms. The molecule has 0 unspecified atom stereocenters. The van der Waals surface area contributed by atoms with E-state index < -0.39 is 36.2 Å². The second-order valence-electron chi connectivity index (χ2n) is 3.76. The van der Waals surface area contributed by atoms with E-state index in [0.717, 1.165) is 6.07 Å². The Morgan fingerprint density at radius 2 is 2.05 bits per heavy atom. The highest BCUT2D eigenvalue weighted by Gasteiger charge is 2.22. The fourth-order valence-corrected chi connectivity index (χ4v) is 1.54. The van der Waals surface area contributed by atoms with E-state index in [0.29, 0.717) is 0 Å². The molecular formula is C11H11ClFN3O4. The summed E-state index contributed by atoms with van der Waals surface area (Å²) in [4.78, 5) is 33.0. The average molecular weight is 304 g/mol. The number of urea groups is 1. The maximum Gasteiger partial charge on any atom is 0.326 e. The Morgan fingerprint density at radius 3 is 2.55 bits per heavy atom. The SMILES string of the molecule is NC(=O)C[C@@H](NC(=O)Nc1c(F)cccc1Cl)C(=O)O. The molecule has 0 spiro atoms. The van der Waals surface area contributed by atoms with Crippen LogP contribution in [-0.4, -0.2) is 29.1 Å². The van der Waals surface area contributed by atoms with Crippen LogP contribution in [0.4, 0.5) is 14.9 Å². The van der Waals surface area contributed by atoms with Gasteiger partial charge in [0.1, 0.15) is 11.9 Å². The summed E-state index contributed by atoms with van der Waals surface area (Å²) in [5.41, 5.74) is 4.56. The third kappa shape index (κ3) is 4.39. The van der Waals surface area contributed by atoms with Crippen LogP contribution in [0.1, 0.15) is 6.42 Å². The number of nitrogens with two attached hydrogens (primary N) is 1. The van der Waals surface area contributed by atoms with Gasteiger partial charge in [-0.3, -0.25) is 4.79 Å². The molecular weight excluding hydrogens is 293 g/mol. The number of hydrogen-bond donors (Lipinski definition) is 4. The zero-order valence-corrected chi connectivity index (χ0v) is 10.8. The van der Waals surface area contributed by atoms with Gasteiger partial charge in [-0.2, -0.15) is 0 Å². The van der Waals surface area contributed by atoms with Gasteiger partial charge in [0, 0.05) is 0 Å². The second kappa shape index (κ2) is 6.71. The van der Waals surface area contributed by atoms with Gasteiger partial charge in [0.15, 0.2) is 0 Å². The first kappa shape index (κ1) is 15.7. The van der Waals surface area contributed by atoms with Crippen molar-refractivity contribution in [2.75, 3.05) is 5.32 Å². The molecule has 0 aromatic heterocycles. The topological polar surface area (TPSA) is 122 Å². The van der Waals surface area contributed by atoms with Crippen LogP contribution in [0, 0.1) is 5.82 Å². The van der Waals surface area contributed by atoms with E-state index in [9.17, 15) is 18.8 Å². The van der Waals surface area contributed by atoms with Crippen LogP contribution in [-0.2, 0) is 9.59 Å². The number of carbonyl (C=O) groups is 3. The van der Waals surface area contributed by atoms with E-state index in [1.807, 2.05) is 5.32 Å². The van der Waals surface area contributed by atoms with Gasteiger partial charge in [0.2, 0.25) is 5.91 Å². The number of nitrogens with one attached hydrogen (secondary N) is 2. The van der Waals surface area contributed by atoms with E-state index in [2.05, 4.69) is 5.32 Å². The first-order chi connectivity index (χ1) is 9.31. The second-order valence-corrected chi connectivity index (χ2v) is 4.16. The van der Waals surface area contributed by atoms with Gasteiger partial charge in [-0.05, 0) is 12.1 Å². The maximum absolute atomic E-state index is 13.4. The Bertz CT molecular complexity index is 532. The van der Waals surface area contributed by atoms with Crippen LogP contribution in [0.2, 0.25) is 5.02 Å². The summed E-state index contributed by atoms with van der Waals surface area (Å²) in [5, 5.41) is 12.8. The van der Waals surface area contributed by atoms with Crippen molar-refractivity contribution in [1.82, 2.24) is 5.32 Å². The summed E-state index contributed by atoms with van der Waals surface area (Å²) >= 11 is 5.68. The summed E-state index contributed by atoms with van der Waals surface area (Å²) in [6.07, 6.45) is -0.590. The van der Waals surface area contributed by atoms with E-state index in [-0.39, 0.29) is 10.7 Å². The molecule has 0 saturated heterocycles. The minimum atomic E-state index is -1.52. The van der Waals surface area contributed by atoms with Crippen LogP contribution >= 0.6 is 11.6 Å². The monoisotopic (exact) mass is 303 g/mol. The molecule has 0 aliphatic heterocycles. The molecule has 0 saturated carbocycles. The molecule has 0 bridgehead atoms. The lowest BCUT2D eigenvalue weighted by Gasteiger charge is -2.14. The molecule has 5 N–H and O–H groups in total. The van der Waals surface area contributed by atoms with Crippen LogP contribution in [0.5, 0.6) is 0 Å². The van der Waals surface area contributed by atoms with Crippen molar-refractivity contribution in [3.8, 4) is 0 Å². The highest BCUT2D eigenvalue weighted by molar-refractivity contribution is 6.33. The Kier molecular flexibility index (Phi) is 5.27. The lowest BCUT2D eigenvalue weighted by atomic mass is 10.2. The molecule has 0 fully saturated rings. The predicted molar refractivity (Wildman–Crippen MR) is 68.8 cm³/mol. The highest BCUT2D eigenvalue weighted by Crippen LogP contribution is 2.24. The third-order valence-electron chi connectivity index (χ3n) is 2.21. The molecule has 9 heteroatoms. The van der Waals surface area contributed by atoms with Crippen molar-refractivity contribution in [3.05, 3.63) is 29.0 Å². The number of aliphatic carboxylic acids is 1. The molecule has 108 valence electrons. The zero-order valence-electron chi connectivity index (χ0n) is 10.0. The minimum absolute atomic E-state index is 0.0538. The van der Waals surface area contributed by atoms with Crippen LogP contribution in [0.3, 0.4) is 0 Å². The maximum atomic E-state index is 13.4. The quantitative estimate of drug-likeness (QED) is 0.646. The molecule has 1 rings (SSSR count). The van der Waals surface area contributed by atoms with E-state index in [4.69, 9.17) is 22.4 Å². The minimum Gasteiger partial charge on any atom is -0.480 e. The van der Waals surface area contributed by atoms with Gasteiger partial charge in [-0.25, -0.2) is 14.0 Å². The molecule has 1 aromatic carbocycles. The number of primary amides is 1. The zero-order chi connectivity index (χ0) is 15.3. The summed E-state index contributed by atoms with van der Waals surface area (Å²) < 4.78 is 13.4. The normalized spacial score (nSPS) is 11.5. The molecule has 1 aromatic rings. The predicted octanol–water partition coefficient (Wildman–Crippen LogP) is 0.929. The molecule has 0 heterocycles. The van der Waals surface area contributed by atoms with Crippen molar-refractivity contribution in [3.63, 3.8) is 0 Å². The van der Waals surface area contributed by atoms with Crippen LogP contribution < -0.4 is 16.4 Å². The number of para-hydroxylation sites is 1. The number of anilines is 1. The van der Waals surface area contributed by atoms with E-state index >= 15 is 0 Å². The van der Waals surface area contributed by atoms with Crippen molar-refractivity contribution < 1.29 is 23.9 Å². The van der Waals surface area contributed by atoms with Crippen molar-refractivity contribution in [2.24, 2.45) is 5.73 Å². The van der Waals surface area contributed by atoms with Gasteiger partial charge in [0.25, 0.3) is 0 Å². The van der Waals surface area contributed by atoms with Gasteiger partial charge in [0.05, 0.1) is 17.1 Å². The molecule has 7 nitrogen and oxygen atoms in total. The third-order valence-corrected chi connectivity index (χ3v) is 2.52. The van der Waals surface area contributed by atoms with Crippen LogP contribution in [0.25, 0.3) is 0 Å². The summed E-state index contributed by atoms with van der Waals surface area (Å²) in [6, 6.07) is 1.22. The largest absolute Gasteiger partial charge is 0.480 e. The Labute approximate surface area is 117 Å². The molecule has 1 atom stereocenters. The smallest absolute Gasteiger partial charge is 0.326 e. The summed E-state index contributed by atoms with van der Waals surface area (Å²) in [6.45, 7) is 0. The van der Waals surface area contributed by atoms with Crippen molar-refractivity contribution in [1.29, 1.82) is 0 Å². The standard InChI is InChI=1S/C11H11ClFN3O4/c12-5-2-1-3-6(13)9(5)16-11(20)15-7(10(18)19)4-8(14)17/h1-3,7H,4H2,(H2,14,17)(H,18,19)(H2,15,16,20)/t7-/m1/s1. The lowest BCUT2D eigenvalue weighted by molar-refractivity contribution is -0.140. The van der Waals surface area contributed by atoms with E-state index in [1.54, 1.807) is 0 Å². The summed E-state index contributed by atoms with van der Waals surface area (Å²) in [7, 11) is 0. The number of halogens is 2. The highest BCUT2D eigenvalue weighted by atomic mass is 35.5. The molecule has 3 amide bonds. The Morgan fingerprint density at radius 1 is 1.40 bits per heavy atom. The van der Waals surface area contributed by atoms with Gasteiger partial charge < -0.3 is 21.5 Å². The molecule has 0 aliphatic rings. The van der Waals surface area contributed by atoms with E-state index in [1.165, 1.54) is 12.1 Å². The first-order valence-corrected chi connectivity index (χ1v) is 5.71. The number of rotatable bonds is 5. The van der Waals surface area contributed by atoms with Crippen LogP contribution in [0.15, 0.2) is 18.2 Å². The number of carboxylic acids is 1. The summed E-state index contributed by atoms with van der Waals surface area (Å²) in [5.74, 6) is -3.13. The van der Waals surface area contributed by atoms with Gasteiger partial charge in [-0.15, -0.1) is 0 Å². The van der Waals surface area contributed by atoms with Gasteiger partial charge in [-0.1, -0.05) is 17.7 Å². The average Bonchev–Trinajstić information content (AvgIpc) is 2.32. The molecule has 0 radical (unpaired) electrons. The number of amides is 3. The van der Waals surface area contributed by atoms with Crippen molar-refractivity contribution in [2.45, 2.75) is 12.5 Å². The molecule has 0 aliphatic carbocycles. The number of carboxylic acid groups (broad SMARTS) is 1. The number of carbonyl (C=O) groups excluding carboxylic acids is 2. The first-order valence-electron chi connectivity index (χ1n) is 5.34. The fourth-order valence-electron chi connectivity index (χ4n) is 1.33. The fraction of sp³-hybridized carbons (Fsp3) is 0.182. The van der Waals surface area contributed by atoms with Crippen molar-refractivity contribution >= 4 is 35.2 Å². The number of hydrogen-bond acceptors (Lipinski definition) is 3. The number of benzene rings is 1. The van der Waals surface area contributed by atoms with Gasteiger partial charge >= 0.3 is 12.0 Å². The lowest BCUT2D eigenvalue weighted by Crippen LogP contribution is -2.45.